The molecule has 0 radical (unpaired) electrons. The van der Waals surface area contributed by atoms with Crippen molar-refractivity contribution in [1.82, 2.24) is 14.4 Å². The number of imidazole rings is 1. The van der Waals surface area contributed by atoms with Crippen molar-refractivity contribution in [3.05, 3.63) is 68.3 Å². The van der Waals surface area contributed by atoms with Crippen LogP contribution in [0.1, 0.15) is 15.6 Å². The van der Waals surface area contributed by atoms with Crippen LogP contribution in [0.25, 0.3) is 16.9 Å². The lowest BCUT2D eigenvalue weighted by atomic mass is 10.1. The third-order valence-electron chi connectivity index (χ3n) is 4.16. The molecular formula is C19H16Cl2N4O2S2. The fraction of sp³-hybridized carbons (Fsp3) is 0.158. The number of nitrogens with one attached hydrogen (secondary N) is 1. The van der Waals surface area contributed by atoms with E-state index in [0.29, 0.717) is 27.8 Å². The van der Waals surface area contributed by atoms with Gasteiger partial charge in [-0.05, 0) is 25.1 Å². The van der Waals surface area contributed by atoms with Gasteiger partial charge in [-0.15, -0.1) is 11.3 Å². The number of sulfonamides is 1. The highest BCUT2D eigenvalue weighted by Gasteiger charge is 2.13. The Balaban J connectivity index is 1.59. The molecule has 0 bridgehead atoms. The van der Waals surface area contributed by atoms with E-state index in [1.54, 1.807) is 35.7 Å². The summed E-state index contributed by atoms with van der Waals surface area (Å²) in [6.45, 7) is 2.01. The van der Waals surface area contributed by atoms with Crippen molar-refractivity contribution < 1.29 is 8.42 Å². The fourth-order valence-corrected chi connectivity index (χ4v) is 5.08. The Kier molecular flexibility index (Phi) is 5.29. The second-order valence-corrected chi connectivity index (χ2v) is 10.5. The first kappa shape index (κ1) is 20.2. The monoisotopic (exact) mass is 466 g/mol. The first-order chi connectivity index (χ1) is 13.7. The van der Waals surface area contributed by atoms with E-state index in [1.165, 1.54) is 0 Å². The minimum atomic E-state index is -3.30. The van der Waals surface area contributed by atoms with Crippen molar-refractivity contribution >= 4 is 55.9 Å². The van der Waals surface area contributed by atoms with E-state index in [2.05, 4.69) is 9.71 Å². The molecule has 0 aliphatic carbocycles. The zero-order valence-corrected chi connectivity index (χ0v) is 18.6. The van der Waals surface area contributed by atoms with Gasteiger partial charge in [-0.2, -0.15) is 0 Å². The molecule has 4 rings (SSSR count). The van der Waals surface area contributed by atoms with Crippen LogP contribution in [0.5, 0.6) is 0 Å². The van der Waals surface area contributed by atoms with E-state index < -0.39 is 10.0 Å². The van der Waals surface area contributed by atoms with Crippen molar-refractivity contribution in [2.75, 3.05) is 11.0 Å². The summed E-state index contributed by atoms with van der Waals surface area (Å²) in [4.78, 5) is 10.4. The van der Waals surface area contributed by atoms with E-state index in [9.17, 15) is 8.42 Å². The molecule has 3 heterocycles. The van der Waals surface area contributed by atoms with Crippen molar-refractivity contribution in [1.29, 1.82) is 0 Å². The summed E-state index contributed by atoms with van der Waals surface area (Å²) in [7, 11) is -3.30. The molecular weight excluding hydrogens is 451 g/mol. The minimum absolute atomic E-state index is 0.502. The molecule has 0 aliphatic heterocycles. The van der Waals surface area contributed by atoms with Gasteiger partial charge in [-0.3, -0.25) is 4.72 Å². The Labute approximate surface area is 182 Å². The molecule has 0 amide bonds. The molecule has 29 heavy (non-hydrogen) atoms. The SMILES string of the molecule is Cc1sc(Cc2cn3cc(Cl)cc(Cl)c3n2)nc1-c1ccc(NS(C)(=O)=O)cc1. The van der Waals surface area contributed by atoms with Gasteiger partial charge in [0.05, 0.1) is 32.7 Å². The second kappa shape index (κ2) is 7.60. The standard InChI is InChI=1S/C19H16Cl2N4O2S2/c1-11-18(12-3-5-14(6-4-12)24-29(2,26)27)23-17(28-11)8-15-10-25-9-13(20)7-16(21)19(25)22-15/h3-7,9-10,24H,8H2,1-2H3. The van der Waals surface area contributed by atoms with Crippen molar-refractivity contribution in [3.63, 3.8) is 0 Å². The van der Waals surface area contributed by atoms with Gasteiger partial charge in [0.1, 0.15) is 0 Å². The number of anilines is 1. The van der Waals surface area contributed by atoms with E-state index >= 15 is 0 Å². The number of pyridine rings is 1. The first-order valence-corrected chi connectivity index (χ1v) is 12.0. The number of rotatable bonds is 5. The average Bonchev–Trinajstić information content (AvgIpc) is 3.17. The van der Waals surface area contributed by atoms with E-state index in [1.807, 2.05) is 29.7 Å². The maximum atomic E-state index is 11.3. The number of thiazole rings is 1. The number of benzene rings is 1. The molecule has 4 aromatic rings. The summed E-state index contributed by atoms with van der Waals surface area (Å²) in [5, 5.41) is 1.98. The highest BCUT2D eigenvalue weighted by molar-refractivity contribution is 7.92. The third-order valence-corrected chi connectivity index (χ3v) is 6.22. The lowest BCUT2D eigenvalue weighted by Gasteiger charge is -2.04. The maximum Gasteiger partial charge on any atom is 0.229 e. The van der Waals surface area contributed by atoms with Gasteiger partial charge >= 0.3 is 0 Å². The largest absolute Gasteiger partial charge is 0.304 e. The molecule has 0 unspecified atom stereocenters. The Morgan fingerprint density at radius 3 is 2.55 bits per heavy atom. The third kappa shape index (κ3) is 4.56. The summed E-state index contributed by atoms with van der Waals surface area (Å²) in [6, 6.07) is 8.83. The molecule has 10 heteroatoms. The number of aryl methyl sites for hydroxylation is 1. The van der Waals surface area contributed by atoms with Gasteiger partial charge in [0.15, 0.2) is 5.65 Å². The highest BCUT2D eigenvalue weighted by Crippen LogP contribution is 2.30. The number of halogens is 2. The molecule has 0 atom stereocenters. The smallest absolute Gasteiger partial charge is 0.229 e. The Bertz CT molecular complexity index is 1310. The molecule has 0 saturated heterocycles. The van der Waals surface area contributed by atoms with Crippen molar-refractivity contribution in [3.8, 4) is 11.3 Å². The Hall–Kier alpha value is -2.13. The number of hydrogen-bond acceptors (Lipinski definition) is 5. The summed E-state index contributed by atoms with van der Waals surface area (Å²) in [5.41, 5.74) is 3.83. The van der Waals surface area contributed by atoms with Crippen LogP contribution in [-0.4, -0.2) is 29.0 Å². The molecule has 150 valence electrons. The number of nitrogens with zero attached hydrogens (tertiary/aromatic N) is 3. The van der Waals surface area contributed by atoms with Crippen LogP contribution in [0.2, 0.25) is 10.0 Å². The number of hydrogen-bond donors (Lipinski definition) is 1. The van der Waals surface area contributed by atoms with E-state index in [0.717, 1.165) is 33.1 Å². The van der Waals surface area contributed by atoms with Gasteiger partial charge < -0.3 is 4.40 Å². The maximum absolute atomic E-state index is 11.3. The average molecular weight is 467 g/mol. The summed E-state index contributed by atoms with van der Waals surface area (Å²) < 4.78 is 27.0. The molecule has 0 saturated carbocycles. The molecule has 1 aromatic carbocycles. The zero-order valence-electron chi connectivity index (χ0n) is 15.5. The molecule has 0 aliphatic rings. The van der Waals surface area contributed by atoms with Gasteiger partial charge in [0.25, 0.3) is 0 Å². The van der Waals surface area contributed by atoms with E-state index in [-0.39, 0.29) is 0 Å². The molecule has 1 N–H and O–H groups in total. The van der Waals surface area contributed by atoms with Crippen molar-refractivity contribution in [2.45, 2.75) is 13.3 Å². The molecule has 0 fully saturated rings. The van der Waals surface area contributed by atoms with Crippen LogP contribution in [0.4, 0.5) is 5.69 Å². The van der Waals surface area contributed by atoms with Gasteiger partial charge in [-0.1, -0.05) is 35.3 Å². The number of aromatic nitrogens is 3. The van der Waals surface area contributed by atoms with Gasteiger partial charge in [-0.25, -0.2) is 18.4 Å². The zero-order chi connectivity index (χ0) is 20.8. The van der Waals surface area contributed by atoms with Crippen molar-refractivity contribution in [2.24, 2.45) is 0 Å². The van der Waals surface area contributed by atoms with Crippen LogP contribution in [-0.2, 0) is 16.4 Å². The topological polar surface area (TPSA) is 76.4 Å². The summed E-state index contributed by atoms with van der Waals surface area (Å²) in [6.07, 6.45) is 5.37. The predicted octanol–water partition coefficient (Wildman–Crippen LogP) is 5.04. The minimum Gasteiger partial charge on any atom is -0.304 e. The quantitative estimate of drug-likeness (QED) is 0.447. The normalized spacial score (nSPS) is 11.9. The van der Waals surface area contributed by atoms with Crippen LogP contribution >= 0.6 is 34.5 Å². The van der Waals surface area contributed by atoms with Gasteiger partial charge in [0.2, 0.25) is 10.0 Å². The molecule has 0 spiro atoms. The predicted molar refractivity (Wildman–Crippen MR) is 119 cm³/mol. The van der Waals surface area contributed by atoms with Gasteiger partial charge in [0, 0.05) is 34.9 Å². The molecule has 3 aromatic heterocycles. The first-order valence-electron chi connectivity index (χ1n) is 8.55. The highest BCUT2D eigenvalue weighted by atomic mass is 35.5. The number of fused-ring (bicyclic) bond motifs is 1. The lowest BCUT2D eigenvalue weighted by molar-refractivity contribution is 0.607. The van der Waals surface area contributed by atoms with Crippen LogP contribution in [0.15, 0.2) is 42.7 Å². The fourth-order valence-electron chi connectivity index (χ4n) is 3.02. The van der Waals surface area contributed by atoms with E-state index in [4.69, 9.17) is 28.2 Å². The van der Waals surface area contributed by atoms with Crippen LogP contribution in [0.3, 0.4) is 0 Å². The molecule has 6 nitrogen and oxygen atoms in total. The summed E-state index contributed by atoms with van der Waals surface area (Å²) >= 11 is 13.9. The van der Waals surface area contributed by atoms with Crippen LogP contribution < -0.4 is 4.72 Å². The second-order valence-electron chi connectivity index (χ2n) is 6.61. The lowest BCUT2D eigenvalue weighted by Crippen LogP contribution is -2.09. The Morgan fingerprint density at radius 1 is 1.14 bits per heavy atom. The Morgan fingerprint density at radius 2 is 1.86 bits per heavy atom. The summed E-state index contributed by atoms with van der Waals surface area (Å²) in [5.74, 6) is 0. The van der Waals surface area contributed by atoms with Crippen LogP contribution in [0, 0.1) is 6.92 Å².